The largest absolute Gasteiger partial charge is 0.490 e. The Kier molecular flexibility index (Phi) is 6.82. The Morgan fingerprint density at radius 2 is 1.92 bits per heavy atom. The number of carbonyl (C=O) groups is 1. The Morgan fingerprint density at radius 1 is 1.12 bits per heavy atom. The van der Waals surface area contributed by atoms with E-state index in [1.54, 1.807) is 6.20 Å². The van der Waals surface area contributed by atoms with Gasteiger partial charge in [-0.15, -0.1) is 0 Å². The fourth-order valence-electron chi connectivity index (χ4n) is 2.10. The molecule has 2 rings (SSSR count). The fraction of sp³-hybridized carbons (Fsp3) is 0.353. The second-order valence-corrected chi connectivity index (χ2v) is 4.87. The molecule has 1 aromatic carbocycles. The summed E-state index contributed by atoms with van der Waals surface area (Å²) in [4.78, 5) is 19.6. The van der Waals surface area contributed by atoms with Gasteiger partial charge in [-0.3, -0.25) is 10.3 Å². The standard InChI is InChI=1S/C17H22N4O3/c1-3-23-14-6-5-13(11-15(14)24-4-2)7-8-20-17(22)21-16-12-18-9-10-19-16/h5-6,9-12H,3-4,7-8H2,1-2H3,(H2,19,20,21,22). The van der Waals surface area contributed by atoms with E-state index < -0.39 is 0 Å². The first-order valence-corrected chi connectivity index (χ1v) is 7.92. The molecule has 0 saturated heterocycles. The van der Waals surface area contributed by atoms with E-state index in [4.69, 9.17) is 9.47 Å². The van der Waals surface area contributed by atoms with Gasteiger partial charge in [0.1, 0.15) is 0 Å². The molecule has 2 amide bonds. The zero-order chi connectivity index (χ0) is 17.2. The summed E-state index contributed by atoms with van der Waals surface area (Å²) in [6, 6.07) is 5.49. The third-order valence-electron chi connectivity index (χ3n) is 3.11. The van der Waals surface area contributed by atoms with Gasteiger partial charge in [0.15, 0.2) is 17.3 Å². The van der Waals surface area contributed by atoms with Crippen LogP contribution >= 0.6 is 0 Å². The van der Waals surface area contributed by atoms with Crippen LogP contribution in [-0.4, -0.2) is 35.8 Å². The van der Waals surface area contributed by atoms with Crippen LogP contribution in [0.1, 0.15) is 19.4 Å². The maximum absolute atomic E-state index is 11.8. The Bertz CT molecular complexity index is 650. The molecular weight excluding hydrogens is 308 g/mol. The quantitative estimate of drug-likeness (QED) is 0.777. The van der Waals surface area contributed by atoms with Gasteiger partial charge in [0, 0.05) is 18.9 Å². The maximum atomic E-state index is 11.8. The summed E-state index contributed by atoms with van der Waals surface area (Å²) in [5, 5.41) is 5.40. The molecule has 2 aromatic rings. The number of nitrogens with one attached hydrogen (secondary N) is 2. The van der Waals surface area contributed by atoms with E-state index in [0.29, 0.717) is 32.0 Å². The van der Waals surface area contributed by atoms with Crippen LogP contribution in [0, 0.1) is 0 Å². The van der Waals surface area contributed by atoms with E-state index in [1.807, 2.05) is 32.0 Å². The van der Waals surface area contributed by atoms with Gasteiger partial charge in [0.05, 0.1) is 19.4 Å². The number of hydrogen-bond acceptors (Lipinski definition) is 5. The van der Waals surface area contributed by atoms with E-state index in [9.17, 15) is 4.79 Å². The topological polar surface area (TPSA) is 85.4 Å². The van der Waals surface area contributed by atoms with Gasteiger partial charge in [-0.2, -0.15) is 0 Å². The Hall–Kier alpha value is -2.83. The lowest BCUT2D eigenvalue weighted by Gasteiger charge is -2.12. The number of amides is 2. The van der Waals surface area contributed by atoms with E-state index in [0.717, 1.165) is 17.1 Å². The van der Waals surface area contributed by atoms with Crippen molar-refractivity contribution in [2.45, 2.75) is 20.3 Å². The van der Waals surface area contributed by atoms with Crippen molar-refractivity contribution in [2.75, 3.05) is 25.1 Å². The molecule has 7 heteroatoms. The first kappa shape index (κ1) is 17.5. The molecule has 0 aliphatic heterocycles. The first-order valence-electron chi connectivity index (χ1n) is 7.92. The van der Waals surface area contributed by atoms with Crippen molar-refractivity contribution in [3.05, 3.63) is 42.4 Å². The smallest absolute Gasteiger partial charge is 0.320 e. The molecule has 0 saturated carbocycles. The summed E-state index contributed by atoms with van der Waals surface area (Å²) in [6.07, 6.45) is 5.23. The summed E-state index contributed by atoms with van der Waals surface area (Å²) in [5.41, 5.74) is 1.06. The normalized spacial score (nSPS) is 10.1. The molecule has 0 bridgehead atoms. The molecule has 0 aliphatic carbocycles. The van der Waals surface area contributed by atoms with Gasteiger partial charge in [-0.1, -0.05) is 6.07 Å². The minimum absolute atomic E-state index is 0.313. The highest BCUT2D eigenvalue weighted by Gasteiger charge is 2.07. The van der Waals surface area contributed by atoms with Crippen LogP contribution in [0.3, 0.4) is 0 Å². The lowest BCUT2D eigenvalue weighted by Crippen LogP contribution is -2.30. The number of rotatable bonds is 8. The highest BCUT2D eigenvalue weighted by Crippen LogP contribution is 2.28. The third kappa shape index (κ3) is 5.42. The Balaban J connectivity index is 1.85. The molecule has 7 nitrogen and oxygen atoms in total. The van der Waals surface area contributed by atoms with Crippen LogP contribution in [0.5, 0.6) is 11.5 Å². The second kappa shape index (κ2) is 9.34. The lowest BCUT2D eigenvalue weighted by molar-refractivity contribution is 0.252. The van der Waals surface area contributed by atoms with Crippen molar-refractivity contribution in [1.29, 1.82) is 0 Å². The van der Waals surface area contributed by atoms with Crippen molar-refractivity contribution in [2.24, 2.45) is 0 Å². The van der Waals surface area contributed by atoms with Crippen LogP contribution in [0.15, 0.2) is 36.8 Å². The molecule has 0 spiro atoms. The molecule has 0 aliphatic rings. The third-order valence-corrected chi connectivity index (χ3v) is 3.11. The van der Waals surface area contributed by atoms with Crippen molar-refractivity contribution in [3.63, 3.8) is 0 Å². The van der Waals surface area contributed by atoms with E-state index >= 15 is 0 Å². The summed E-state index contributed by atoms with van der Waals surface area (Å²) in [7, 11) is 0. The number of benzene rings is 1. The summed E-state index contributed by atoms with van der Waals surface area (Å²) in [6.45, 7) is 5.52. The number of ether oxygens (including phenoxy) is 2. The summed E-state index contributed by atoms with van der Waals surface area (Å²) >= 11 is 0. The number of urea groups is 1. The van der Waals surface area contributed by atoms with E-state index in [-0.39, 0.29) is 6.03 Å². The maximum Gasteiger partial charge on any atom is 0.320 e. The molecule has 2 N–H and O–H groups in total. The van der Waals surface area contributed by atoms with Crippen molar-refractivity contribution in [1.82, 2.24) is 15.3 Å². The monoisotopic (exact) mass is 330 g/mol. The van der Waals surface area contributed by atoms with Crippen LogP contribution in [0.2, 0.25) is 0 Å². The average Bonchev–Trinajstić information content (AvgIpc) is 2.58. The zero-order valence-corrected chi connectivity index (χ0v) is 13.9. The second-order valence-electron chi connectivity index (χ2n) is 4.87. The molecular formula is C17H22N4O3. The van der Waals surface area contributed by atoms with Gasteiger partial charge < -0.3 is 14.8 Å². The average molecular weight is 330 g/mol. The Labute approximate surface area is 141 Å². The van der Waals surface area contributed by atoms with Gasteiger partial charge >= 0.3 is 6.03 Å². The van der Waals surface area contributed by atoms with Gasteiger partial charge in [0.2, 0.25) is 0 Å². The van der Waals surface area contributed by atoms with Gasteiger partial charge in [0.25, 0.3) is 0 Å². The highest BCUT2D eigenvalue weighted by molar-refractivity contribution is 5.87. The molecule has 0 radical (unpaired) electrons. The highest BCUT2D eigenvalue weighted by atomic mass is 16.5. The fourth-order valence-corrected chi connectivity index (χ4v) is 2.10. The zero-order valence-electron chi connectivity index (χ0n) is 13.9. The van der Waals surface area contributed by atoms with Gasteiger partial charge in [-0.25, -0.2) is 9.78 Å². The van der Waals surface area contributed by atoms with Crippen LogP contribution in [-0.2, 0) is 6.42 Å². The molecule has 128 valence electrons. The van der Waals surface area contributed by atoms with Crippen molar-refractivity contribution < 1.29 is 14.3 Å². The van der Waals surface area contributed by atoms with Crippen molar-refractivity contribution in [3.8, 4) is 11.5 Å². The lowest BCUT2D eigenvalue weighted by atomic mass is 10.1. The number of carbonyl (C=O) groups excluding carboxylic acids is 1. The molecule has 1 heterocycles. The molecule has 1 aromatic heterocycles. The van der Waals surface area contributed by atoms with E-state index in [1.165, 1.54) is 12.4 Å². The molecule has 0 atom stereocenters. The van der Waals surface area contributed by atoms with Crippen LogP contribution in [0.4, 0.5) is 10.6 Å². The van der Waals surface area contributed by atoms with E-state index in [2.05, 4.69) is 20.6 Å². The molecule has 0 unspecified atom stereocenters. The number of aromatic nitrogens is 2. The van der Waals surface area contributed by atoms with Crippen LogP contribution < -0.4 is 20.1 Å². The minimum atomic E-state index is -0.313. The van der Waals surface area contributed by atoms with Crippen molar-refractivity contribution >= 4 is 11.8 Å². The summed E-state index contributed by atoms with van der Waals surface area (Å²) < 4.78 is 11.1. The number of anilines is 1. The molecule has 0 fully saturated rings. The van der Waals surface area contributed by atoms with Crippen LogP contribution in [0.25, 0.3) is 0 Å². The Morgan fingerprint density at radius 3 is 2.62 bits per heavy atom. The SMILES string of the molecule is CCOc1ccc(CCNC(=O)Nc2cnccn2)cc1OCC. The van der Waals surface area contributed by atoms with Gasteiger partial charge in [-0.05, 0) is 38.0 Å². The summed E-state index contributed by atoms with van der Waals surface area (Å²) in [5.74, 6) is 1.87. The number of hydrogen-bond donors (Lipinski definition) is 2. The predicted octanol–water partition coefficient (Wildman–Crippen LogP) is 2.64. The number of nitrogens with zero attached hydrogens (tertiary/aromatic N) is 2. The minimum Gasteiger partial charge on any atom is -0.490 e. The first-order chi connectivity index (χ1) is 11.7. The predicted molar refractivity (Wildman–Crippen MR) is 91.5 cm³/mol. The molecule has 24 heavy (non-hydrogen) atoms.